The van der Waals surface area contributed by atoms with E-state index >= 15 is 0 Å². The minimum Gasteiger partial charge on any atom is -0.314 e. The van der Waals surface area contributed by atoms with Crippen LogP contribution in [0.25, 0.3) is 0 Å². The van der Waals surface area contributed by atoms with E-state index in [2.05, 4.69) is 31.3 Å². The maximum Gasteiger partial charge on any atom is 0.0440 e. The Balaban J connectivity index is 1.50. The van der Waals surface area contributed by atoms with Crippen LogP contribution in [0, 0.1) is 5.92 Å². The second kappa shape index (κ2) is 8.80. The molecule has 0 heterocycles. The number of rotatable bonds is 9. The molecular formula is C19H30ClN. The topological polar surface area (TPSA) is 12.0 Å². The van der Waals surface area contributed by atoms with Crippen LogP contribution >= 0.6 is 11.6 Å². The number of hydrogen-bond donors (Lipinski definition) is 1. The summed E-state index contributed by atoms with van der Waals surface area (Å²) in [6.45, 7) is 5.81. The lowest BCUT2D eigenvalue weighted by molar-refractivity contribution is 0.289. The molecule has 0 bridgehead atoms. The normalized spacial score (nSPS) is 21.5. The van der Waals surface area contributed by atoms with Gasteiger partial charge in [0.25, 0.3) is 0 Å². The summed E-state index contributed by atoms with van der Waals surface area (Å²) in [7, 11) is 0. The van der Waals surface area contributed by atoms with Crippen LogP contribution < -0.4 is 5.32 Å². The van der Waals surface area contributed by atoms with Crippen molar-refractivity contribution in [3.05, 3.63) is 34.9 Å². The summed E-state index contributed by atoms with van der Waals surface area (Å²) in [5.74, 6) is 1.53. The molecule has 2 heteroatoms. The number of halogens is 1. The van der Waals surface area contributed by atoms with Gasteiger partial charge >= 0.3 is 0 Å². The molecule has 1 nitrogen and oxygen atoms in total. The molecular weight excluding hydrogens is 278 g/mol. The van der Waals surface area contributed by atoms with Crippen molar-refractivity contribution in [1.82, 2.24) is 5.32 Å². The molecule has 0 unspecified atom stereocenters. The molecule has 1 saturated carbocycles. The first-order valence-corrected chi connectivity index (χ1v) is 9.02. The minimum absolute atomic E-state index is 0.669. The van der Waals surface area contributed by atoms with Crippen LogP contribution in [-0.2, 0) is 0 Å². The van der Waals surface area contributed by atoms with Crippen molar-refractivity contribution in [2.75, 3.05) is 6.54 Å². The maximum absolute atomic E-state index is 6.26. The van der Waals surface area contributed by atoms with Gasteiger partial charge < -0.3 is 5.32 Å². The third-order valence-electron chi connectivity index (χ3n) is 4.62. The highest BCUT2D eigenvalue weighted by Gasteiger charge is 2.30. The van der Waals surface area contributed by atoms with E-state index in [0.717, 1.165) is 10.9 Å². The van der Waals surface area contributed by atoms with E-state index in [1.54, 1.807) is 0 Å². The number of hydrogen-bond acceptors (Lipinski definition) is 1. The van der Waals surface area contributed by atoms with Crippen molar-refractivity contribution >= 4 is 11.6 Å². The van der Waals surface area contributed by atoms with Gasteiger partial charge in [0.2, 0.25) is 0 Å². The summed E-state index contributed by atoms with van der Waals surface area (Å²) < 4.78 is 0. The van der Waals surface area contributed by atoms with E-state index in [1.807, 2.05) is 12.1 Å². The van der Waals surface area contributed by atoms with Crippen LogP contribution in [0.4, 0.5) is 0 Å². The first kappa shape index (κ1) is 16.8. The Labute approximate surface area is 135 Å². The summed E-state index contributed by atoms with van der Waals surface area (Å²) in [5, 5.41) is 4.63. The fourth-order valence-electron chi connectivity index (χ4n) is 3.18. The molecule has 0 amide bonds. The fraction of sp³-hybridized carbons (Fsp3) is 0.684. The Hall–Kier alpha value is -0.530. The number of unbranched alkanes of at least 4 members (excludes halogenated alkanes) is 3. The van der Waals surface area contributed by atoms with Crippen molar-refractivity contribution in [2.24, 2.45) is 5.92 Å². The van der Waals surface area contributed by atoms with Gasteiger partial charge in [0.1, 0.15) is 0 Å². The minimum atomic E-state index is 0.669. The molecule has 1 aromatic rings. The molecule has 1 N–H and O–H groups in total. The van der Waals surface area contributed by atoms with Gasteiger partial charge in [-0.1, -0.05) is 69.3 Å². The molecule has 0 saturated heterocycles. The second-order valence-corrected chi connectivity index (χ2v) is 7.34. The largest absolute Gasteiger partial charge is 0.314 e. The molecule has 0 atom stereocenters. The van der Waals surface area contributed by atoms with Crippen molar-refractivity contribution in [1.29, 1.82) is 0 Å². The first-order chi connectivity index (χ1) is 10.2. The Morgan fingerprint density at radius 1 is 1.10 bits per heavy atom. The second-order valence-electron chi connectivity index (χ2n) is 6.94. The molecule has 118 valence electrons. The van der Waals surface area contributed by atoms with Crippen molar-refractivity contribution in [3.8, 4) is 0 Å². The highest BCUT2D eigenvalue weighted by atomic mass is 35.5. The maximum atomic E-state index is 6.26. The van der Waals surface area contributed by atoms with Gasteiger partial charge in [-0.3, -0.25) is 0 Å². The van der Waals surface area contributed by atoms with E-state index in [-0.39, 0.29) is 0 Å². The lowest BCUT2D eigenvalue weighted by Crippen LogP contribution is -2.40. The summed E-state index contributed by atoms with van der Waals surface area (Å²) in [5.41, 5.74) is 1.34. The summed E-state index contributed by atoms with van der Waals surface area (Å²) in [6, 6.07) is 9.01. The Morgan fingerprint density at radius 3 is 2.52 bits per heavy atom. The van der Waals surface area contributed by atoms with E-state index in [0.29, 0.717) is 12.0 Å². The molecule has 1 aromatic carbocycles. The van der Waals surface area contributed by atoms with Gasteiger partial charge in [-0.25, -0.2) is 0 Å². The van der Waals surface area contributed by atoms with Gasteiger partial charge in [0, 0.05) is 11.1 Å². The molecule has 1 fully saturated rings. The number of benzene rings is 1. The van der Waals surface area contributed by atoms with Crippen LogP contribution in [0.1, 0.15) is 70.3 Å². The Bertz CT molecular complexity index is 410. The van der Waals surface area contributed by atoms with E-state index in [9.17, 15) is 0 Å². The molecule has 0 radical (unpaired) electrons. The zero-order valence-corrected chi connectivity index (χ0v) is 14.3. The molecule has 0 aromatic heterocycles. The van der Waals surface area contributed by atoms with Gasteiger partial charge in [-0.15, -0.1) is 0 Å². The molecule has 0 aliphatic heterocycles. The zero-order chi connectivity index (χ0) is 15.1. The predicted molar refractivity (Wildman–Crippen MR) is 93.1 cm³/mol. The van der Waals surface area contributed by atoms with Crippen LogP contribution in [0.5, 0.6) is 0 Å². The fourth-order valence-corrected chi connectivity index (χ4v) is 3.47. The predicted octanol–water partition coefficient (Wildman–Crippen LogP) is 5.78. The average Bonchev–Trinajstić information content (AvgIpc) is 2.40. The van der Waals surface area contributed by atoms with Crippen LogP contribution in [-0.4, -0.2) is 12.6 Å². The highest BCUT2D eigenvalue weighted by molar-refractivity contribution is 6.31. The van der Waals surface area contributed by atoms with Crippen LogP contribution in [0.15, 0.2) is 24.3 Å². The van der Waals surface area contributed by atoms with Crippen LogP contribution in [0.2, 0.25) is 5.02 Å². The monoisotopic (exact) mass is 307 g/mol. The Morgan fingerprint density at radius 2 is 1.81 bits per heavy atom. The molecule has 21 heavy (non-hydrogen) atoms. The zero-order valence-electron chi connectivity index (χ0n) is 13.6. The number of nitrogens with one attached hydrogen (secondary N) is 1. The van der Waals surface area contributed by atoms with E-state index < -0.39 is 0 Å². The average molecular weight is 308 g/mol. The van der Waals surface area contributed by atoms with E-state index in [1.165, 1.54) is 57.1 Å². The van der Waals surface area contributed by atoms with E-state index in [4.69, 9.17) is 11.6 Å². The smallest absolute Gasteiger partial charge is 0.0440 e. The van der Waals surface area contributed by atoms with Gasteiger partial charge in [-0.2, -0.15) is 0 Å². The molecule has 0 spiro atoms. The lowest BCUT2D eigenvalue weighted by Gasteiger charge is -2.37. The third kappa shape index (κ3) is 5.64. The van der Waals surface area contributed by atoms with Crippen molar-refractivity contribution < 1.29 is 0 Å². The van der Waals surface area contributed by atoms with Gasteiger partial charge in [-0.05, 0) is 49.3 Å². The SMILES string of the molecule is CC(C)CCCCCCNC1CC(c2ccccc2Cl)C1. The summed E-state index contributed by atoms with van der Waals surface area (Å²) >= 11 is 6.26. The summed E-state index contributed by atoms with van der Waals surface area (Å²) in [4.78, 5) is 0. The lowest BCUT2D eigenvalue weighted by atomic mass is 9.76. The van der Waals surface area contributed by atoms with Crippen LogP contribution in [0.3, 0.4) is 0 Å². The quantitative estimate of drug-likeness (QED) is 0.570. The van der Waals surface area contributed by atoms with Crippen molar-refractivity contribution in [3.63, 3.8) is 0 Å². The standard InChI is InChI=1S/C19H30ClN/c1-15(2)9-5-3-4-8-12-21-17-13-16(14-17)18-10-6-7-11-19(18)20/h6-7,10-11,15-17,21H,3-5,8-9,12-14H2,1-2H3. The van der Waals surface area contributed by atoms with Crippen molar-refractivity contribution in [2.45, 2.75) is 70.8 Å². The molecule has 1 aliphatic rings. The van der Waals surface area contributed by atoms with Gasteiger partial charge in [0.05, 0.1) is 0 Å². The molecule has 1 aliphatic carbocycles. The Kier molecular flexibility index (Phi) is 7.06. The highest BCUT2D eigenvalue weighted by Crippen LogP contribution is 2.39. The first-order valence-electron chi connectivity index (χ1n) is 8.64. The van der Waals surface area contributed by atoms with Gasteiger partial charge in [0.15, 0.2) is 0 Å². The summed E-state index contributed by atoms with van der Waals surface area (Å²) in [6.07, 6.45) is 9.37. The molecule has 2 rings (SSSR count). The third-order valence-corrected chi connectivity index (χ3v) is 4.97.